The molecule has 18 nitrogen and oxygen atoms in total. The molecule has 2 unspecified atom stereocenters. The van der Waals surface area contributed by atoms with Gasteiger partial charge >= 0.3 is 6.09 Å². The van der Waals surface area contributed by atoms with Gasteiger partial charge in [0.15, 0.2) is 17.9 Å². The molecule has 1 aliphatic heterocycles. The molecule has 434 valence electrons. The number of nitrogens with one attached hydrogen (secondary N) is 2. The topological polar surface area (TPSA) is 274 Å². The van der Waals surface area contributed by atoms with E-state index in [1.807, 2.05) is 112 Å². The van der Waals surface area contributed by atoms with Gasteiger partial charge in [-0.2, -0.15) is 0 Å². The number of phenols is 2. The number of fused-ring (bicyclic) bond motifs is 3. The standard InChI is InChI=1S/C65H68N2O16/c1-36(2)28-40(29-48(69)37(3)34-81-65(41-16-9-6-10-17-41,42-18-11-7-12-19-42)43-20-13-8-14-21-43)62(76)66-44-26-24-39(25-27-44)35-80-63(77)67-47-30-52(82-38(4)57(47)71)83-50-32-64(78,51(70)33-68)31-46-54(50)61(75)56-55(59(46)73)58(72)45-22-15-23-49(79-5)53(45)60(56)74/h6-27,36-38,40,47,50,52,57,68,71,73,75,78H,28-35H2,1-5H3,(H,66,76)(H,67,77)/t37-,38-,40+,47?,50?,52-,57+,64-/m0/s1. The van der Waals surface area contributed by atoms with Gasteiger partial charge in [-0.25, -0.2) is 4.79 Å². The van der Waals surface area contributed by atoms with E-state index in [1.54, 1.807) is 24.3 Å². The van der Waals surface area contributed by atoms with Crippen LogP contribution in [0.3, 0.4) is 0 Å². The minimum atomic E-state index is -2.39. The van der Waals surface area contributed by atoms with Gasteiger partial charge in [0.2, 0.25) is 11.7 Å². The van der Waals surface area contributed by atoms with Crippen LogP contribution in [0, 0.1) is 17.8 Å². The summed E-state index contributed by atoms with van der Waals surface area (Å²) in [6.45, 7) is 6.06. The predicted octanol–water partition coefficient (Wildman–Crippen LogP) is 8.17. The van der Waals surface area contributed by atoms with Crippen LogP contribution < -0.4 is 15.4 Å². The molecule has 0 radical (unpaired) electrons. The molecule has 2 amide bonds. The number of aliphatic hydroxyl groups is 3. The molecule has 18 heteroatoms. The number of phenolic OH excluding ortho intramolecular Hbond substituents is 2. The lowest BCUT2D eigenvalue weighted by atomic mass is 9.72. The largest absolute Gasteiger partial charge is 0.507 e. The highest BCUT2D eigenvalue weighted by molar-refractivity contribution is 6.31. The van der Waals surface area contributed by atoms with Crippen LogP contribution >= 0.6 is 0 Å². The predicted molar refractivity (Wildman–Crippen MR) is 303 cm³/mol. The van der Waals surface area contributed by atoms with E-state index in [4.69, 9.17) is 23.7 Å². The Kier molecular flexibility index (Phi) is 18.1. The average molecular weight is 1130 g/mol. The lowest BCUT2D eigenvalue weighted by Crippen LogP contribution is -2.56. The van der Waals surface area contributed by atoms with Crippen molar-refractivity contribution in [1.29, 1.82) is 0 Å². The number of carbonyl (C=O) groups is 6. The van der Waals surface area contributed by atoms with Gasteiger partial charge in [0, 0.05) is 59.9 Å². The zero-order valence-electron chi connectivity index (χ0n) is 46.7. The number of Topliss-reactive ketones (excluding diaryl/α,β-unsaturated/α-hetero) is 2. The number of aliphatic hydroxyl groups excluding tert-OH is 2. The van der Waals surface area contributed by atoms with E-state index in [1.165, 1.54) is 32.2 Å². The van der Waals surface area contributed by atoms with E-state index in [2.05, 4.69) is 10.6 Å². The summed E-state index contributed by atoms with van der Waals surface area (Å²) < 4.78 is 30.1. The highest BCUT2D eigenvalue weighted by Crippen LogP contribution is 2.53. The number of methoxy groups -OCH3 is 1. The Bertz CT molecular complexity index is 3280. The maximum absolute atomic E-state index is 14.1. The van der Waals surface area contributed by atoms with Crippen LogP contribution in [0.4, 0.5) is 10.5 Å². The van der Waals surface area contributed by atoms with Crippen LogP contribution in [0.15, 0.2) is 133 Å². The highest BCUT2D eigenvalue weighted by atomic mass is 16.7. The molecule has 0 aromatic heterocycles. The highest BCUT2D eigenvalue weighted by Gasteiger charge is 2.51. The number of benzene rings is 6. The Morgan fingerprint density at radius 2 is 1.39 bits per heavy atom. The fourth-order valence-electron chi connectivity index (χ4n) is 11.5. The van der Waals surface area contributed by atoms with Crippen molar-refractivity contribution in [2.45, 2.75) is 108 Å². The third-order valence-corrected chi connectivity index (χ3v) is 15.9. The van der Waals surface area contributed by atoms with Gasteiger partial charge in [-0.05, 0) is 59.7 Å². The molecular formula is C65H68N2O16. The van der Waals surface area contributed by atoms with Gasteiger partial charge in [-0.1, -0.05) is 136 Å². The van der Waals surface area contributed by atoms with E-state index >= 15 is 0 Å². The normalized spacial score (nSPS) is 21.0. The van der Waals surface area contributed by atoms with Crippen molar-refractivity contribution in [1.82, 2.24) is 5.32 Å². The van der Waals surface area contributed by atoms with Crippen LogP contribution in [0.25, 0.3) is 0 Å². The van der Waals surface area contributed by atoms with Gasteiger partial charge < -0.3 is 59.9 Å². The average Bonchev–Trinajstić information content (AvgIpc) is 1.56. The molecule has 2 aliphatic carbocycles. The van der Waals surface area contributed by atoms with Crippen molar-refractivity contribution in [2.75, 3.05) is 25.6 Å². The summed E-state index contributed by atoms with van der Waals surface area (Å²) in [4.78, 5) is 82.5. The molecule has 1 heterocycles. The number of ketones is 4. The first kappa shape index (κ1) is 59.5. The minimum Gasteiger partial charge on any atom is -0.507 e. The third-order valence-electron chi connectivity index (χ3n) is 15.9. The second-order valence-corrected chi connectivity index (χ2v) is 22.0. The molecule has 1 fully saturated rings. The number of anilines is 1. The first-order valence-electron chi connectivity index (χ1n) is 27.7. The fraction of sp³-hybridized carbons (Fsp3) is 0.354. The van der Waals surface area contributed by atoms with Gasteiger partial charge in [-0.15, -0.1) is 0 Å². The lowest BCUT2D eigenvalue weighted by molar-refractivity contribution is -0.249. The van der Waals surface area contributed by atoms with Gasteiger partial charge in [-0.3, -0.25) is 24.0 Å². The summed E-state index contributed by atoms with van der Waals surface area (Å²) in [5.74, 6) is -5.76. The number of rotatable bonds is 21. The van der Waals surface area contributed by atoms with E-state index in [0.29, 0.717) is 17.7 Å². The molecule has 0 saturated carbocycles. The number of hydrogen-bond acceptors (Lipinski definition) is 16. The molecule has 7 N–H and O–H groups in total. The molecule has 0 bridgehead atoms. The van der Waals surface area contributed by atoms with Gasteiger partial charge in [0.1, 0.15) is 53.6 Å². The monoisotopic (exact) mass is 1130 g/mol. The SMILES string of the molecule is COc1cccc2c1C(=O)c1c(O)c3c(c(O)c1C2=O)C[C@@](O)(C(=O)CO)CC3O[C@H]1CC(NC(=O)OCc2ccc(NC(=O)[C@@H](CC(=O)[C@@H](C)COC(c3ccccc3)(c3ccccc3)c3ccccc3)CC(C)C)cc2)[C@H](O)[C@H](C)O1. The van der Waals surface area contributed by atoms with E-state index in [9.17, 15) is 54.3 Å². The zero-order chi connectivity index (χ0) is 59.3. The zero-order valence-corrected chi connectivity index (χ0v) is 46.7. The third kappa shape index (κ3) is 12.2. The molecule has 3 aliphatic rings. The quantitative estimate of drug-likeness (QED) is 0.0264. The van der Waals surface area contributed by atoms with Crippen molar-refractivity contribution in [2.24, 2.45) is 17.8 Å². The minimum absolute atomic E-state index is 0.00513. The van der Waals surface area contributed by atoms with Crippen LogP contribution in [-0.2, 0) is 52.0 Å². The second-order valence-electron chi connectivity index (χ2n) is 22.0. The molecule has 8 atom stereocenters. The smallest absolute Gasteiger partial charge is 0.407 e. The molecule has 9 rings (SSSR count). The molecule has 1 saturated heterocycles. The van der Waals surface area contributed by atoms with Crippen molar-refractivity contribution in [3.05, 3.63) is 189 Å². The number of hydrogen-bond donors (Lipinski definition) is 7. The fourth-order valence-corrected chi connectivity index (χ4v) is 11.5. The number of aromatic hydroxyl groups is 2. The van der Waals surface area contributed by atoms with Crippen LogP contribution in [-0.4, -0.2) is 111 Å². The molecule has 0 spiro atoms. The van der Waals surface area contributed by atoms with Gasteiger partial charge in [0.25, 0.3) is 0 Å². The van der Waals surface area contributed by atoms with Crippen LogP contribution in [0.5, 0.6) is 17.2 Å². The van der Waals surface area contributed by atoms with Crippen LogP contribution in [0.1, 0.15) is 125 Å². The van der Waals surface area contributed by atoms with Crippen molar-refractivity contribution >= 4 is 40.8 Å². The number of ether oxygens (including phenoxy) is 5. The summed E-state index contributed by atoms with van der Waals surface area (Å²) in [6, 6.07) is 39.5. The second kappa shape index (κ2) is 25.2. The van der Waals surface area contributed by atoms with Crippen LogP contribution in [0.2, 0.25) is 0 Å². The van der Waals surface area contributed by atoms with Gasteiger partial charge in [0.05, 0.1) is 48.7 Å². The molecule has 6 aromatic carbocycles. The maximum Gasteiger partial charge on any atom is 0.407 e. The number of carbonyl (C=O) groups excluding carboxylic acids is 6. The Labute approximate surface area is 480 Å². The number of alkyl carbamates (subject to hydrolysis) is 1. The first-order valence-corrected chi connectivity index (χ1v) is 27.7. The van der Waals surface area contributed by atoms with E-state index in [-0.39, 0.29) is 71.7 Å². The molecule has 83 heavy (non-hydrogen) atoms. The Morgan fingerprint density at radius 3 is 1.96 bits per heavy atom. The van der Waals surface area contributed by atoms with E-state index in [0.717, 1.165) is 16.7 Å². The summed E-state index contributed by atoms with van der Waals surface area (Å²) in [5.41, 5.74) is -1.55. The van der Waals surface area contributed by atoms with E-state index < -0.39 is 119 Å². The summed E-state index contributed by atoms with van der Waals surface area (Å²) in [5, 5.41) is 62.0. The Balaban J connectivity index is 0.829. The Morgan fingerprint density at radius 1 is 0.783 bits per heavy atom. The summed E-state index contributed by atoms with van der Waals surface area (Å²) in [7, 11) is 1.30. The summed E-state index contributed by atoms with van der Waals surface area (Å²) >= 11 is 0. The molecular weight excluding hydrogens is 1060 g/mol. The Hall–Kier alpha value is -8.10. The maximum atomic E-state index is 14.1. The first-order chi connectivity index (χ1) is 39.8. The molecule has 6 aromatic rings. The number of amides is 2. The van der Waals surface area contributed by atoms with Crippen molar-refractivity contribution < 1.29 is 78.0 Å². The summed E-state index contributed by atoms with van der Waals surface area (Å²) in [6.07, 6.45) is -7.17. The van der Waals surface area contributed by atoms with Crippen molar-refractivity contribution in [3.63, 3.8) is 0 Å². The van der Waals surface area contributed by atoms with Crippen molar-refractivity contribution in [3.8, 4) is 17.2 Å². The lowest BCUT2D eigenvalue weighted by Gasteiger charge is -2.42.